The summed E-state index contributed by atoms with van der Waals surface area (Å²) in [6, 6.07) is 32.8. The molecule has 0 spiro atoms. The first-order valence-electron chi connectivity index (χ1n) is 11.9. The Kier molecular flexibility index (Phi) is 7.10. The van der Waals surface area contributed by atoms with Gasteiger partial charge in [0.2, 0.25) is 0 Å². The van der Waals surface area contributed by atoms with E-state index in [1.165, 1.54) is 6.92 Å². The van der Waals surface area contributed by atoms with Gasteiger partial charge in [-0.1, -0.05) is 66.2 Å². The minimum absolute atomic E-state index is 0.145. The van der Waals surface area contributed by atoms with Crippen molar-refractivity contribution >= 4 is 34.6 Å². The fraction of sp³-hybridized carbons (Fsp3) is 0.133. The number of hydrogen-bond acceptors (Lipinski definition) is 6. The zero-order valence-electron chi connectivity index (χ0n) is 20.5. The zero-order valence-corrected chi connectivity index (χ0v) is 21.3. The Balaban J connectivity index is 1.61. The van der Waals surface area contributed by atoms with E-state index in [1.54, 1.807) is 7.11 Å². The number of nitrogens with zero attached hydrogens (tertiary/aromatic N) is 3. The molecule has 37 heavy (non-hydrogen) atoms. The Hall–Kier alpha value is -4.29. The van der Waals surface area contributed by atoms with Crippen LogP contribution in [0.5, 0.6) is 11.5 Å². The molecular formula is C30H26ClN3O3. The summed E-state index contributed by atoms with van der Waals surface area (Å²) in [5.41, 5.74) is 3.40. The average molecular weight is 512 g/mol. The first-order chi connectivity index (χ1) is 18.1. The molecule has 0 N–H and O–H groups in total. The smallest absolute Gasteiger partial charge is 0.198 e. The summed E-state index contributed by atoms with van der Waals surface area (Å²) in [6.45, 7) is 1.83. The number of Topliss-reactive ketones (excluding diaryl/α,β-unsaturated/α-hetero) is 1. The third-order valence-corrected chi connectivity index (χ3v) is 6.50. The van der Waals surface area contributed by atoms with Gasteiger partial charge < -0.3 is 9.47 Å². The van der Waals surface area contributed by atoms with Crippen LogP contribution in [0.4, 0.5) is 11.4 Å². The number of carbonyl (C=O) groups excluding carboxylic acids is 1. The molecule has 0 aliphatic carbocycles. The fourth-order valence-electron chi connectivity index (χ4n) is 4.32. The summed E-state index contributed by atoms with van der Waals surface area (Å²) in [7, 11) is 1.62. The van der Waals surface area contributed by atoms with Gasteiger partial charge in [0.15, 0.2) is 17.8 Å². The van der Waals surface area contributed by atoms with Crippen molar-refractivity contribution in [3.8, 4) is 11.5 Å². The highest BCUT2D eigenvalue weighted by Gasteiger charge is 2.40. The van der Waals surface area contributed by atoms with Crippen LogP contribution in [0.1, 0.15) is 24.2 Å². The molecule has 6 nitrogen and oxygen atoms in total. The van der Waals surface area contributed by atoms with Gasteiger partial charge in [-0.2, -0.15) is 0 Å². The molecule has 0 fully saturated rings. The van der Waals surface area contributed by atoms with Gasteiger partial charge in [-0.05, 0) is 48.5 Å². The van der Waals surface area contributed by atoms with Gasteiger partial charge in [0, 0.05) is 28.8 Å². The van der Waals surface area contributed by atoms with Crippen LogP contribution in [0, 0.1) is 0 Å². The molecule has 0 radical (unpaired) electrons. The molecule has 7 heteroatoms. The summed E-state index contributed by atoms with van der Waals surface area (Å²) in [4.78, 5) is 14.8. The van der Waals surface area contributed by atoms with Crippen molar-refractivity contribution in [2.45, 2.75) is 19.7 Å². The highest BCUT2D eigenvalue weighted by molar-refractivity contribution is 6.44. The Labute approximate surface area is 221 Å². The SMILES string of the molecule is COc1ccc(N2C(C(C)=O)=NN(c3ccccc3)[C@@H]2c2ccccc2OCc2ccccc2Cl)cc1. The lowest BCUT2D eigenvalue weighted by Crippen LogP contribution is -2.38. The number of benzene rings is 4. The fourth-order valence-corrected chi connectivity index (χ4v) is 4.51. The van der Waals surface area contributed by atoms with Gasteiger partial charge in [0.05, 0.1) is 12.8 Å². The van der Waals surface area contributed by atoms with Crippen molar-refractivity contribution in [2.24, 2.45) is 5.10 Å². The summed E-state index contributed by atoms with van der Waals surface area (Å²) >= 11 is 6.38. The van der Waals surface area contributed by atoms with Crippen LogP contribution in [0.2, 0.25) is 5.02 Å². The van der Waals surface area contributed by atoms with E-state index in [-0.39, 0.29) is 5.78 Å². The van der Waals surface area contributed by atoms with Crippen molar-refractivity contribution in [2.75, 3.05) is 17.0 Å². The minimum Gasteiger partial charge on any atom is -0.497 e. The molecule has 1 aliphatic rings. The van der Waals surface area contributed by atoms with Crippen LogP contribution in [-0.4, -0.2) is 18.7 Å². The van der Waals surface area contributed by atoms with Gasteiger partial charge in [-0.25, -0.2) is 5.01 Å². The first kappa shape index (κ1) is 24.4. The Bertz CT molecular complexity index is 1420. The van der Waals surface area contributed by atoms with Crippen molar-refractivity contribution in [3.05, 3.63) is 119 Å². The molecule has 0 unspecified atom stereocenters. The monoisotopic (exact) mass is 511 g/mol. The molecule has 0 saturated heterocycles. The Morgan fingerprint density at radius 2 is 1.54 bits per heavy atom. The van der Waals surface area contributed by atoms with E-state index >= 15 is 0 Å². The van der Waals surface area contributed by atoms with Crippen molar-refractivity contribution in [3.63, 3.8) is 0 Å². The predicted molar refractivity (Wildman–Crippen MR) is 147 cm³/mol. The molecule has 1 aliphatic heterocycles. The summed E-state index contributed by atoms with van der Waals surface area (Å²) in [5, 5.41) is 7.31. The minimum atomic E-state index is -0.475. The molecule has 4 aromatic carbocycles. The number of carbonyl (C=O) groups is 1. The summed E-state index contributed by atoms with van der Waals surface area (Å²) < 4.78 is 11.7. The lowest BCUT2D eigenvalue weighted by atomic mass is 10.1. The Morgan fingerprint density at radius 3 is 2.24 bits per heavy atom. The van der Waals surface area contributed by atoms with E-state index in [4.69, 9.17) is 26.2 Å². The number of hydrogen-bond donors (Lipinski definition) is 0. The molecule has 1 heterocycles. The maximum absolute atomic E-state index is 12.9. The number of hydrazone groups is 1. The third-order valence-electron chi connectivity index (χ3n) is 6.13. The van der Waals surface area contributed by atoms with E-state index in [1.807, 2.05) is 113 Å². The molecular weight excluding hydrogens is 486 g/mol. The van der Waals surface area contributed by atoms with Crippen molar-refractivity contribution in [1.82, 2.24) is 0 Å². The summed E-state index contributed by atoms with van der Waals surface area (Å²) in [6.07, 6.45) is -0.475. The van der Waals surface area contributed by atoms with Gasteiger partial charge in [0.1, 0.15) is 18.1 Å². The topological polar surface area (TPSA) is 54.4 Å². The highest BCUT2D eigenvalue weighted by atomic mass is 35.5. The van der Waals surface area contributed by atoms with Crippen LogP contribution in [0.25, 0.3) is 0 Å². The predicted octanol–water partition coefficient (Wildman–Crippen LogP) is 6.86. The second kappa shape index (κ2) is 10.8. The van der Waals surface area contributed by atoms with E-state index in [9.17, 15) is 4.79 Å². The lowest BCUT2D eigenvalue weighted by molar-refractivity contribution is -0.111. The third kappa shape index (κ3) is 5.01. The number of methoxy groups -OCH3 is 1. The number of ether oxygens (including phenoxy) is 2. The normalized spacial score (nSPS) is 14.9. The number of para-hydroxylation sites is 2. The standard InChI is InChI=1S/C30H26ClN3O3/c1-21(35)29-32-34(24-11-4-3-5-12-24)30(33(29)23-16-18-25(36-2)19-17-23)26-13-7-9-15-28(26)37-20-22-10-6-8-14-27(22)31/h3-19,30H,20H2,1-2H3/t30-/m1/s1. The molecule has 5 rings (SSSR count). The molecule has 0 aromatic heterocycles. The second-order valence-corrected chi connectivity index (χ2v) is 8.93. The Morgan fingerprint density at radius 1 is 0.865 bits per heavy atom. The second-order valence-electron chi connectivity index (χ2n) is 8.52. The molecule has 4 aromatic rings. The number of rotatable bonds is 8. The largest absolute Gasteiger partial charge is 0.497 e. The highest BCUT2D eigenvalue weighted by Crippen LogP contribution is 2.42. The number of ketones is 1. The molecule has 1 atom stereocenters. The maximum atomic E-state index is 12.9. The van der Waals surface area contributed by atoms with Crippen LogP contribution in [0.15, 0.2) is 108 Å². The quantitative estimate of drug-likeness (QED) is 0.259. The first-order valence-corrected chi connectivity index (χ1v) is 12.3. The number of amidine groups is 1. The van der Waals surface area contributed by atoms with Gasteiger partial charge in [0.25, 0.3) is 0 Å². The molecule has 0 amide bonds. The van der Waals surface area contributed by atoms with Gasteiger partial charge >= 0.3 is 0 Å². The van der Waals surface area contributed by atoms with E-state index in [2.05, 4.69) is 0 Å². The molecule has 186 valence electrons. The van der Waals surface area contributed by atoms with Crippen LogP contribution < -0.4 is 19.4 Å². The number of halogens is 1. The van der Waals surface area contributed by atoms with E-state index < -0.39 is 6.17 Å². The zero-order chi connectivity index (χ0) is 25.8. The molecule has 0 saturated carbocycles. The van der Waals surface area contributed by atoms with Crippen molar-refractivity contribution < 1.29 is 14.3 Å². The number of anilines is 2. The van der Waals surface area contributed by atoms with Crippen molar-refractivity contribution in [1.29, 1.82) is 0 Å². The molecule has 0 bridgehead atoms. The van der Waals surface area contributed by atoms with Crippen LogP contribution >= 0.6 is 11.6 Å². The van der Waals surface area contributed by atoms with Gasteiger partial charge in [-0.3, -0.25) is 9.69 Å². The van der Waals surface area contributed by atoms with Crippen LogP contribution in [0.3, 0.4) is 0 Å². The summed E-state index contributed by atoms with van der Waals surface area (Å²) in [5.74, 6) is 1.59. The van der Waals surface area contributed by atoms with Crippen LogP contribution in [-0.2, 0) is 11.4 Å². The lowest BCUT2D eigenvalue weighted by Gasteiger charge is -2.33. The average Bonchev–Trinajstić information content (AvgIpc) is 3.34. The van der Waals surface area contributed by atoms with E-state index in [0.717, 1.165) is 28.3 Å². The maximum Gasteiger partial charge on any atom is 0.198 e. The van der Waals surface area contributed by atoms with Gasteiger partial charge in [-0.15, -0.1) is 5.10 Å². The van der Waals surface area contributed by atoms with E-state index in [0.29, 0.717) is 23.2 Å².